The summed E-state index contributed by atoms with van der Waals surface area (Å²) in [6, 6.07) is 8.11. The molecule has 27 heavy (non-hydrogen) atoms. The van der Waals surface area contributed by atoms with Crippen LogP contribution in [-0.2, 0) is 0 Å². The molecule has 3 aliphatic heterocycles. The summed E-state index contributed by atoms with van der Waals surface area (Å²) in [6.07, 6.45) is 8.24. The van der Waals surface area contributed by atoms with Gasteiger partial charge in [0.15, 0.2) is 0 Å². The summed E-state index contributed by atoms with van der Waals surface area (Å²) in [5.41, 5.74) is 1.61. The van der Waals surface area contributed by atoms with Crippen LogP contribution in [-0.4, -0.2) is 68.1 Å². The predicted octanol–water partition coefficient (Wildman–Crippen LogP) is 2.00. The third-order valence-corrected chi connectivity index (χ3v) is 6.56. The smallest absolute Gasteiger partial charge is 0.253 e. The number of hydrogen-bond acceptors (Lipinski definition) is 5. The highest BCUT2D eigenvalue weighted by molar-refractivity contribution is 5.94. The highest BCUT2D eigenvalue weighted by Gasteiger charge is 2.37. The Hall–Kier alpha value is -2.28. The van der Waals surface area contributed by atoms with Gasteiger partial charge in [-0.05, 0) is 72.2 Å². The minimum absolute atomic E-state index is 0.153. The van der Waals surface area contributed by atoms with Crippen LogP contribution in [0.5, 0.6) is 0 Å². The molecule has 4 heterocycles. The zero-order chi connectivity index (χ0) is 18.2. The second kappa shape index (κ2) is 7.03. The molecule has 2 aromatic rings. The van der Waals surface area contributed by atoms with Crippen LogP contribution in [0.15, 0.2) is 30.6 Å². The summed E-state index contributed by atoms with van der Waals surface area (Å²) < 4.78 is 1.60. The minimum atomic E-state index is 0.153. The van der Waals surface area contributed by atoms with Gasteiger partial charge < -0.3 is 4.90 Å². The number of fused-ring (bicyclic) bond motifs is 4. The molecule has 142 valence electrons. The average molecular weight is 366 g/mol. The van der Waals surface area contributed by atoms with Crippen molar-refractivity contribution in [1.29, 1.82) is 0 Å². The molecule has 3 saturated heterocycles. The summed E-state index contributed by atoms with van der Waals surface area (Å²) in [5, 5.41) is 11.2. The number of nitrogens with zero attached hydrogens (tertiary/aromatic N) is 6. The van der Waals surface area contributed by atoms with Gasteiger partial charge in [0.25, 0.3) is 5.91 Å². The molecule has 0 spiro atoms. The number of carbonyl (C=O) groups is 1. The zero-order valence-electron chi connectivity index (χ0n) is 15.6. The van der Waals surface area contributed by atoms with Crippen LogP contribution in [0.1, 0.15) is 42.5 Å². The SMILES string of the molecule is O=C(c1ccc(-n2cnnn2)cc1)N1C[C@@H]2CC[C@H](C1)N(CC1CCC1)C2. The van der Waals surface area contributed by atoms with Crippen molar-refractivity contribution in [3.63, 3.8) is 0 Å². The van der Waals surface area contributed by atoms with E-state index in [1.165, 1.54) is 45.2 Å². The summed E-state index contributed by atoms with van der Waals surface area (Å²) in [5.74, 6) is 1.67. The molecule has 1 aromatic carbocycles. The lowest BCUT2D eigenvalue weighted by Gasteiger charge is -2.40. The lowest BCUT2D eigenvalue weighted by atomic mass is 9.83. The maximum atomic E-state index is 13.1. The van der Waals surface area contributed by atoms with E-state index in [4.69, 9.17) is 0 Å². The largest absolute Gasteiger partial charge is 0.337 e. The Morgan fingerprint density at radius 3 is 2.59 bits per heavy atom. The molecule has 0 N–H and O–H groups in total. The Bertz CT molecular complexity index is 785. The van der Waals surface area contributed by atoms with E-state index < -0.39 is 0 Å². The maximum Gasteiger partial charge on any atom is 0.253 e. The van der Waals surface area contributed by atoms with Crippen LogP contribution in [0.25, 0.3) is 5.69 Å². The molecular formula is C20H26N6O. The van der Waals surface area contributed by atoms with E-state index in [9.17, 15) is 4.79 Å². The minimum Gasteiger partial charge on any atom is -0.337 e. The van der Waals surface area contributed by atoms with Crippen molar-refractivity contribution in [2.75, 3.05) is 26.2 Å². The fourth-order valence-corrected chi connectivity index (χ4v) is 4.79. The molecule has 4 aliphatic rings. The van der Waals surface area contributed by atoms with Crippen molar-refractivity contribution >= 4 is 5.91 Å². The van der Waals surface area contributed by atoms with Gasteiger partial charge in [-0.3, -0.25) is 9.69 Å². The predicted molar refractivity (Wildman–Crippen MR) is 100 cm³/mol. The van der Waals surface area contributed by atoms with Crippen LogP contribution in [0.2, 0.25) is 0 Å². The van der Waals surface area contributed by atoms with Crippen LogP contribution in [0.3, 0.4) is 0 Å². The Morgan fingerprint density at radius 1 is 1.04 bits per heavy atom. The van der Waals surface area contributed by atoms with Gasteiger partial charge in [0.05, 0.1) is 5.69 Å². The van der Waals surface area contributed by atoms with Crippen molar-refractivity contribution in [2.24, 2.45) is 11.8 Å². The number of benzene rings is 1. The van der Waals surface area contributed by atoms with E-state index >= 15 is 0 Å². The number of piperidine rings is 1. The molecule has 7 heteroatoms. The summed E-state index contributed by atoms with van der Waals surface area (Å²) >= 11 is 0. The molecule has 0 radical (unpaired) electrons. The summed E-state index contributed by atoms with van der Waals surface area (Å²) in [4.78, 5) is 17.9. The lowest BCUT2D eigenvalue weighted by molar-refractivity contribution is 0.0717. The number of rotatable bonds is 4. The van der Waals surface area contributed by atoms with Crippen molar-refractivity contribution in [2.45, 2.75) is 38.1 Å². The number of amides is 1. The molecular weight excluding hydrogens is 340 g/mol. The van der Waals surface area contributed by atoms with Crippen molar-refractivity contribution < 1.29 is 4.79 Å². The molecule has 6 rings (SSSR count). The van der Waals surface area contributed by atoms with Crippen LogP contribution < -0.4 is 0 Å². The fourth-order valence-electron chi connectivity index (χ4n) is 4.79. The number of aromatic nitrogens is 4. The molecule has 1 aliphatic carbocycles. The molecule has 1 saturated carbocycles. The van der Waals surface area contributed by atoms with Crippen LogP contribution in [0.4, 0.5) is 0 Å². The van der Waals surface area contributed by atoms with Crippen LogP contribution >= 0.6 is 0 Å². The molecule has 4 fully saturated rings. The van der Waals surface area contributed by atoms with E-state index in [1.807, 2.05) is 24.3 Å². The Labute approximate surface area is 159 Å². The van der Waals surface area contributed by atoms with Crippen molar-refractivity contribution in [3.05, 3.63) is 36.2 Å². The summed E-state index contributed by atoms with van der Waals surface area (Å²) in [7, 11) is 0. The molecule has 1 aromatic heterocycles. The van der Waals surface area contributed by atoms with Gasteiger partial charge in [0, 0.05) is 37.8 Å². The van der Waals surface area contributed by atoms with Gasteiger partial charge in [0.1, 0.15) is 6.33 Å². The van der Waals surface area contributed by atoms with E-state index in [0.29, 0.717) is 12.0 Å². The van der Waals surface area contributed by atoms with E-state index in [2.05, 4.69) is 25.3 Å². The Kier molecular flexibility index (Phi) is 4.39. The zero-order valence-corrected chi connectivity index (χ0v) is 15.6. The van der Waals surface area contributed by atoms with Gasteiger partial charge in [-0.2, -0.15) is 0 Å². The maximum absolute atomic E-state index is 13.1. The Balaban J connectivity index is 1.29. The third kappa shape index (κ3) is 3.36. The quantitative estimate of drug-likeness (QED) is 0.828. The van der Waals surface area contributed by atoms with E-state index in [0.717, 1.165) is 30.3 Å². The standard InChI is InChI=1S/C20H26N6O/c27-20(17-5-8-18(9-6-17)26-14-21-22-23-26)25-12-16-4-7-19(13-25)24(11-16)10-15-2-1-3-15/h5-6,8-9,14-16,19H,1-4,7,10-13H2/t16-,19-/m1/s1. The average Bonchev–Trinajstić information content (AvgIpc) is 3.05. The van der Waals surface area contributed by atoms with Crippen LogP contribution in [0, 0.1) is 11.8 Å². The summed E-state index contributed by atoms with van der Waals surface area (Å²) in [6.45, 7) is 4.18. The highest BCUT2D eigenvalue weighted by Crippen LogP contribution is 2.33. The monoisotopic (exact) mass is 366 g/mol. The first-order valence-corrected chi connectivity index (χ1v) is 10.1. The highest BCUT2D eigenvalue weighted by atomic mass is 16.2. The van der Waals surface area contributed by atoms with E-state index in [-0.39, 0.29) is 5.91 Å². The Morgan fingerprint density at radius 2 is 1.89 bits per heavy atom. The second-order valence-electron chi connectivity index (χ2n) is 8.36. The first kappa shape index (κ1) is 16.9. The van der Waals surface area contributed by atoms with Gasteiger partial charge in [-0.15, -0.1) is 5.10 Å². The topological polar surface area (TPSA) is 67.2 Å². The number of hydrogen-bond donors (Lipinski definition) is 0. The second-order valence-corrected chi connectivity index (χ2v) is 8.36. The fraction of sp³-hybridized carbons (Fsp3) is 0.600. The molecule has 7 nitrogen and oxygen atoms in total. The normalized spacial score (nSPS) is 26.0. The molecule has 0 unspecified atom stereocenters. The van der Waals surface area contributed by atoms with Gasteiger partial charge in [0.2, 0.25) is 0 Å². The van der Waals surface area contributed by atoms with Crippen molar-refractivity contribution in [1.82, 2.24) is 30.0 Å². The number of tetrazole rings is 1. The van der Waals surface area contributed by atoms with Crippen molar-refractivity contribution in [3.8, 4) is 5.69 Å². The number of carbonyl (C=O) groups excluding carboxylic acids is 1. The first-order valence-electron chi connectivity index (χ1n) is 10.1. The third-order valence-electron chi connectivity index (χ3n) is 6.56. The van der Waals surface area contributed by atoms with Gasteiger partial charge in [-0.1, -0.05) is 6.42 Å². The van der Waals surface area contributed by atoms with Gasteiger partial charge >= 0.3 is 0 Å². The first-order chi connectivity index (χ1) is 13.3. The van der Waals surface area contributed by atoms with Gasteiger partial charge in [-0.25, -0.2) is 4.68 Å². The van der Waals surface area contributed by atoms with E-state index in [1.54, 1.807) is 11.0 Å². The molecule has 2 atom stereocenters. The molecule has 2 bridgehead atoms. The lowest BCUT2D eigenvalue weighted by Crippen LogP contribution is -2.47. The molecule has 1 amide bonds.